The molecule has 0 saturated heterocycles. The number of halogens is 6. The lowest BCUT2D eigenvalue weighted by molar-refractivity contribution is -0.128. The summed E-state index contributed by atoms with van der Waals surface area (Å²) in [5.74, 6) is 0.590. The SMILES string of the molecule is CC/C(=N\OC(F)F)c1ccc(Cl)c2nc3n(c12)CCCN3c1c(Cl)cc(Cl)cc1Cl. The van der Waals surface area contributed by atoms with E-state index in [0.29, 0.717) is 73.5 Å². The summed E-state index contributed by atoms with van der Waals surface area (Å²) in [5.41, 5.74) is 2.79. The number of imidazole rings is 1. The van der Waals surface area contributed by atoms with Crippen LogP contribution in [0.4, 0.5) is 20.4 Å². The molecule has 4 rings (SSSR count). The number of benzene rings is 2. The van der Waals surface area contributed by atoms with Gasteiger partial charge in [-0.05, 0) is 37.1 Å². The van der Waals surface area contributed by atoms with E-state index in [2.05, 4.69) is 9.99 Å². The van der Waals surface area contributed by atoms with Crippen LogP contribution in [-0.2, 0) is 11.4 Å². The van der Waals surface area contributed by atoms with Crippen LogP contribution in [0.25, 0.3) is 11.0 Å². The summed E-state index contributed by atoms with van der Waals surface area (Å²) in [6, 6.07) is 6.64. The zero-order valence-corrected chi connectivity index (χ0v) is 19.2. The van der Waals surface area contributed by atoms with Crippen molar-refractivity contribution < 1.29 is 13.6 Å². The van der Waals surface area contributed by atoms with Crippen LogP contribution >= 0.6 is 46.4 Å². The Morgan fingerprint density at radius 2 is 1.84 bits per heavy atom. The van der Waals surface area contributed by atoms with Crippen molar-refractivity contribution >= 4 is 74.8 Å². The van der Waals surface area contributed by atoms with Gasteiger partial charge in [0.1, 0.15) is 5.52 Å². The van der Waals surface area contributed by atoms with E-state index >= 15 is 0 Å². The first-order valence-corrected chi connectivity index (χ1v) is 10.9. The van der Waals surface area contributed by atoms with Crippen molar-refractivity contribution in [3.05, 3.63) is 49.9 Å². The molecule has 5 nitrogen and oxygen atoms in total. The number of hydrogen-bond acceptors (Lipinski definition) is 4. The number of anilines is 2. The maximum atomic E-state index is 12.6. The smallest absolute Gasteiger partial charge is 0.325 e. The van der Waals surface area contributed by atoms with Crippen LogP contribution in [0.15, 0.2) is 29.4 Å². The lowest BCUT2D eigenvalue weighted by Gasteiger charge is -2.30. The van der Waals surface area contributed by atoms with E-state index in [9.17, 15) is 8.78 Å². The average molecular weight is 508 g/mol. The first-order chi connectivity index (χ1) is 14.8. The summed E-state index contributed by atoms with van der Waals surface area (Å²) in [6.45, 7) is 0.0702. The monoisotopic (exact) mass is 506 g/mol. The molecule has 0 saturated carbocycles. The molecule has 0 spiro atoms. The molecule has 0 bridgehead atoms. The molecule has 0 aliphatic carbocycles. The molecule has 3 aromatic rings. The van der Waals surface area contributed by atoms with Gasteiger partial charge in [0.05, 0.1) is 32.0 Å². The van der Waals surface area contributed by atoms with Gasteiger partial charge in [-0.1, -0.05) is 58.5 Å². The van der Waals surface area contributed by atoms with Crippen molar-refractivity contribution in [1.82, 2.24) is 9.55 Å². The zero-order valence-electron chi connectivity index (χ0n) is 16.2. The van der Waals surface area contributed by atoms with Gasteiger partial charge in [-0.2, -0.15) is 8.78 Å². The van der Waals surface area contributed by atoms with Gasteiger partial charge in [0.25, 0.3) is 0 Å². The van der Waals surface area contributed by atoms with Crippen LogP contribution in [0.2, 0.25) is 20.1 Å². The Bertz CT molecular complexity index is 1160. The summed E-state index contributed by atoms with van der Waals surface area (Å²) < 4.78 is 27.1. The lowest BCUT2D eigenvalue weighted by Crippen LogP contribution is -2.28. The molecule has 0 atom stereocenters. The second-order valence-corrected chi connectivity index (χ2v) is 8.49. The minimum Gasteiger partial charge on any atom is -0.325 e. The lowest BCUT2D eigenvalue weighted by atomic mass is 10.1. The van der Waals surface area contributed by atoms with Gasteiger partial charge < -0.3 is 14.3 Å². The third kappa shape index (κ3) is 4.16. The predicted molar refractivity (Wildman–Crippen MR) is 122 cm³/mol. The normalized spacial score (nSPS) is 14.5. The number of alkyl halides is 2. The van der Waals surface area contributed by atoms with Crippen molar-refractivity contribution in [2.75, 3.05) is 11.4 Å². The number of rotatable bonds is 5. The van der Waals surface area contributed by atoms with Gasteiger partial charge >= 0.3 is 6.61 Å². The Kier molecular flexibility index (Phi) is 6.49. The van der Waals surface area contributed by atoms with Gasteiger partial charge in [0.15, 0.2) is 0 Å². The number of aromatic nitrogens is 2. The molecule has 164 valence electrons. The highest BCUT2D eigenvalue weighted by Crippen LogP contribution is 2.43. The quantitative estimate of drug-likeness (QED) is 0.264. The standard InChI is InChI=1S/C20H16Cl4F2N4O/c1-2-15(28-31-19(25)26)11-4-5-12(22)16-17(11)29-6-3-7-30(20(29)27-16)18-13(23)8-10(21)9-14(18)24/h4-5,8-9,19H,2-3,6-7H2,1H3/b28-15+. The van der Waals surface area contributed by atoms with Gasteiger partial charge in [-0.3, -0.25) is 0 Å². The summed E-state index contributed by atoms with van der Waals surface area (Å²) in [6.07, 6.45) is 1.15. The molecule has 2 heterocycles. The van der Waals surface area contributed by atoms with E-state index in [0.717, 1.165) is 6.42 Å². The Morgan fingerprint density at radius 1 is 1.13 bits per heavy atom. The fourth-order valence-electron chi connectivity index (χ4n) is 3.74. The Hall–Kier alpha value is -1.80. The molecule has 0 radical (unpaired) electrons. The maximum absolute atomic E-state index is 12.6. The van der Waals surface area contributed by atoms with Crippen molar-refractivity contribution in [2.24, 2.45) is 5.16 Å². The van der Waals surface area contributed by atoms with Crippen LogP contribution in [-0.4, -0.2) is 28.4 Å². The highest BCUT2D eigenvalue weighted by atomic mass is 35.5. The average Bonchev–Trinajstić information content (AvgIpc) is 3.10. The summed E-state index contributed by atoms with van der Waals surface area (Å²) in [4.78, 5) is 10.9. The van der Waals surface area contributed by atoms with E-state index < -0.39 is 6.61 Å². The zero-order chi connectivity index (χ0) is 22.3. The Morgan fingerprint density at radius 3 is 2.48 bits per heavy atom. The fourth-order valence-corrected chi connectivity index (χ4v) is 4.96. The third-order valence-corrected chi connectivity index (χ3v) is 6.07. The summed E-state index contributed by atoms with van der Waals surface area (Å²) in [5, 5.41) is 5.29. The highest BCUT2D eigenvalue weighted by molar-refractivity contribution is 6.42. The molecule has 1 aliphatic rings. The molecular weight excluding hydrogens is 492 g/mol. The highest BCUT2D eigenvalue weighted by Gasteiger charge is 2.28. The van der Waals surface area contributed by atoms with Crippen LogP contribution in [0.1, 0.15) is 25.3 Å². The van der Waals surface area contributed by atoms with Crippen molar-refractivity contribution in [3.8, 4) is 0 Å². The number of oxime groups is 1. The Labute approximate surface area is 197 Å². The molecule has 0 fully saturated rings. The number of aryl methyl sites for hydroxylation is 1. The Balaban J connectivity index is 1.93. The summed E-state index contributed by atoms with van der Waals surface area (Å²) >= 11 is 25.4. The van der Waals surface area contributed by atoms with Gasteiger partial charge in [-0.15, -0.1) is 0 Å². The molecule has 11 heteroatoms. The molecule has 1 aromatic heterocycles. The molecule has 31 heavy (non-hydrogen) atoms. The molecule has 0 unspecified atom stereocenters. The first-order valence-electron chi connectivity index (χ1n) is 9.43. The second-order valence-electron chi connectivity index (χ2n) is 6.84. The van der Waals surface area contributed by atoms with Gasteiger partial charge in [0, 0.05) is 23.7 Å². The molecular formula is C20H16Cl4F2N4O. The fraction of sp³-hybridized carbons (Fsp3) is 0.300. The van der Waals surface area contributed by atoms with E-state index in [1.807, 2.05) is 9.47 Å². The molecule has 0 amide bonds. The van der Waals surface area contributed by atoms with Gasteiger partial charge in [-0.25, -0.2) is 4.98 Å². The van der Waals surface area contributed by atoms with Crippen LogP contribution in [0.5, 0.6) is 0 Å². The summed E-state index contributed by atoms with van der Waals surface area (Å²) in [7, 11) is 0. The first kappa shape index (κ1) is 22.4. The van der Waals surface area contributed by atoms with Crippen molar-refractivity contribution in [1.29, 1.82) is 0 Å². The van der Waals surface area contributed by atoms with E-state index in [4.69, 9.17) is 51.4 Å². The van der Waals surface area contributed by atoms with Crippen molar-refractivity contribution in [2.45, 2.75) is 32.9 Å². The van der Waals surface area contributed by atoms with E-state index in [1.54, 1.807) is 31.2 Å². The predicted octanol–water partition coefficient (Wildman–Crippen LogP) is 7.55. The minimum atomic E-state index is -3.01. The largest absolute Gasteiger partial charge is 0.407 e. The molecule has 0 N–H and O–H groups in total. The van der Waals surface area contributed by atoms with Crippen molar-refractivity contribution in [3.63, 3.8) is 0 Å². The number of fused-ring (bicyclic) bond motifs is 3. The van der Waals surface area contributed by atoms with Gasteiger partial charge in [0.2, 0.25) is 5.95 Å². The van der Waals surface area contributed by atoms with Crippen LogP contribution in [0.3, 0.4) is 0 Å². The molecule has 1 aliphatic heterocycles. The second kappa shape index (κ2) is 8.98. The number of nitrogens with zero attached hydrogens (tertiary/aromatic N) is 4. The topological polar surface area (TPSA) is 42.7 Å². The van der Waals surface area contributed by atoms with E-state index in [1.165, 1.54) is 0 Å². The van der Waals surface area contributed by atoms with Crippen LogP contribution in [0, 0.1) is 0 Å². The minimum absolute atomic E-state index is 0.365. The maximum Gasteiger partial charge on any atom is 0.407 e. The van der Waals surface area contributed by atoms with E-state index in [-0.39, 0.29) is 0 Å². The third-order valence-electron chi connectivity index (χ3n) is 4.97. The number of hydrogen-bond donors (Lipinski definition) is 0. The molecule has 2 aromatic carbocycles. The van der Waals surface area contributed by atoms with Crippen LogP contribution < -0.4 is 4.90 Å².